The SMILES string of the molecule is Cc1nc(-c2c(F)cc3[nH]c(-c4ccccc4Cl)cc(=O)c3c2F)c[nH]1. The third kappa shape index (κ3) is 2.59. The Morgan fingerprint density at radius 1 is 1.15 bits per heavy atom. The van der Waals surface area contributed by atoms with Crippen LogP contribution in [-0.2, 0) is 0 Å². The molecule has 4 aromatic rings. The van der Waals surface area contributed by atoms with Crippen LogP contribution < -0.4 is 5.43 Å². The van der Waals surface area contributed by atoms with E-state index in [1.54, 1.807) is 31.2 Å². The minimum atomic E-state index is -0.946. The zero-order chi connectivity index (χ0) is 18.4. The first-order valence-electron chi connectivity index (χ1n) is 7.78. The van der Waals surface area contributed by atoms with Gasteiger partial charge >= 0.3 is 0 Å². The summed E-state index contributed by atoms with van der Waals surface area (Å²) in [7, 11) is 0. The Morgan fingerprint density at radius 3 is 2.62 bits per heavy atom. The second-order valence-electron chi connectivity index (χ2n) is 5.87. The minimum Gasteiger partial charge on any atom is -0.354 e. The zero-order valence-electron chi connectivity index (χ0n) is 13.5. The lowest BCUT2D eigenvalue weighted by Crippen LogP contribution is -2.07. The lowest BCUT2D eigenvalue weighted by molar-refractivity contribution is 0.596. The smallest absolute Gasteiger partial charge is 0.193 e. The molecule has 0 atom stereocenters. The number of aromatic nitrogens is 3. The maximum atomic E-state index is 15.0. The molecule has 2 N–H and O–H groups in total. The summed E-state index contributed by atoms with van der Waals surface area (Å²) < 4.78 is 29.5. The highest BCUT2D eigenvalue weighted by molar-refractivity contribution is 6.33. The molecular weight excluding hydrogens is 360 g/mol. The summed E-state index contributed by atoms with van der Waals surface area (Å²) in [5.74, 6) is -1.24. The van der Waals surface area contributed by atoms with Gasteiger partial charge in [0, 0.05) is 22.8 Å². The predicted molar refractivity (Wildman–Crippen MR) is 97.2 cm³/mol. The van der Waals surface area contributed by atoms with E-state index in [4.69, 9.17) is 11.6 Å². The lowest BCUT2D eigenvalue weighted by Gasteiger charge is -2.09. The number of pyridine rings is 1. The molecule has 0 amide bonds. The zero-order valence-corrected chi connectivity index (χ0v) is 14.3. The molecule has 2 aromatic carbocycles. The molecule has 2 aromatic heterocycles. The van der Waals surface area contributed by atoms with Crippen molar-refractivity contribution in [2.45, 2.75) is 6.92 Å². The third-order valence-electron chi connectivity index (χ3n) is 4.14. The fraction of sp³-hybridized carbons (Fsp3) is 0.0526. The van der Waals surface area contributed by atoms with Crippen LogP contribution >= 0.6 is 11.6 Å². The Hall–Kier alpha value is -2.99. The van der Waals surface area contributed by atoms with Crippen LogP contribution in [0.2, 0.25) is 5.02 Å². The molecule has 7 heteroatoms. The fourth-order valence-electron chi connectivity index (χ4n) is 2.95. The molecule has 0 aliphatic carbocycles. The molecule has 0 aliphatic rings. The summed E-state index contributed by atoms with van der Waals surface area (Å²) in [6.45, 7) is 1.67. The van der Waals surface area contributed by atoms with Crippen molar-refractivity contribution in [3.63, 3.8) is 0 Å². The van der Waals surface area contributed by atoms with Crippen molar-refractivity contribution in [3.8, 4) is 22.5 Å². The van der Waals surface area contributed by atoms with Gasteiger partial charge in [-0.05, 0) is 19.1 Å². The number of hydrogen-bond donors (Lipinski definition) is 2. The molecule has 0 saturated carbocycles. The number of fused-ring (bicyclic) bond motifs is 1. The Labute approximate surface area is 151 Å². The quantitative estimate of drug-likeness (QED) is 0.530. The van der Waals surface area contributed by atoms with Crippen LogP contribution in [0.1, 0.15) is 5.82 Å². The summed E-state index contributed by atoms with van der Waals surface area (Å²) in [6.07, 6.45) is 1.40. The van der Waals surface area contributed by atoms with Crippen LogP contribution in [-0.4, -0.2) is 15.0 Å². The summed E-state index contributed by atoms with van der Waals surface area (Å²) in [5.41, 5.74) is 0.209. The Balaban J connectivity index is 2.01. The molecule has 4 rings (SSSR count). The van der Waals surface area contributed by atoms with Gasteiger partial charge in [-0.25, -0.2) is 13.8 Å². The van der Waals surface area contributed by atoms with E-state index in [1.807, 2.05) is 0 Å². The van der Waals surface area contributed by atoms with E-state index >= 15 is 0 Å². The van der Waals surface area contributed by atoms with Crippen LogP contribution in [0.5, 0.6) is 0 Å². The van der Waals surface area contributed by atoms with E-state index in [-0.39, 0.29) is 22.2 Å². The first-order chi connectivity index (χ1) is 12.5. The summed E-state index contributed by atoms with van der Waals surface area (Å²) in [4.78, 5) is 22.3. The highest BCUT2D eigenvalue weighted by atomic mass is 35.5. The second-order valence-corrected chi connectivity index (χ2v) is 6.28. The monoisotopic (exact) mass is 371 g/mol. The molecule has 4 nitrogen and oxygen atoms in total. The van der Waals surface area contributed by atoms with Crippen molar-refractivity contribution < 1.29 is 8.78 Å². The minimum absolute atomic E-state index is 0.0541. The van der Waals surface area contributed by atoms with E-state index in [0.717, 1.165) is 6.07 Å². The van der Waals surface area contributed by atoms with Gasteiger partial charge in [0.25, 0.3) is 0 Å². The maximum absolute atomic E-state index is 15.0. The summed E-state index contributed by atoms with van der Waals surface area (Å²) in [6, 6.07) is 9.25. The van der Waals surface area contributed by atoms with E-state index in [9.17, 15) is 13.6 Å². The van der Waals surface area contributed by atoms with Gasteiger partial charge in [-0.1, -0.05) is 29.8 Å². The average Bonchev–Trinajstić information content (AvgIpc) is 3.00. The normalized spacial score (nSPS) is 11.2. The molecular formula is C19H12ClF2N3O. The molecule has 2 heterocycles. The Kier molecular flexibility index (Phi) is 3.85. The highest BCUT2D eigenvalue weighted by Gasteiger charge is 2.20. The second kappa shape index (κ2) is 6.07. The van der Waals surface area contributed by atoms with Crippen LogP contribution in [0.4, 0.5) is 8.78 Å². The van der Waals surface area contributed by atoms with Gasteiger partial charge in [0.15, 0.2) is 5.43 Å². The maximum Gasteiger partial charge on any atom is 0.193 e. The number of aromatic amines is 2. The number of hydrogen-bond acceptors (Lipinski definition) is 2. The van der Waals surface area contributed by atoms with E-state index in [2.05, 4.69) is 15.0 Å². The number of nitrogens with zero attached hydrogens (tertiary/aromatic N) is 1. The third-order valence-corrected chi connectivity index (χ3v) is 4.47. The molecule has 0 bridgehead atoms. The molecule has 0 spiro atoms. The standard InChI is InChI=1S/C19H12ClF2N3O/c1-9-23-8-15(24-9)17-12(21)6-14-18(19(17)22)16(26)7-13(25-14)10-4-2-3-5-11(10)20/h2-8H,1H3,(H,23,24)(H,25,26). The fourth-order valence-corrected chi connectivity index (χ4v) is 3.19. The summed E-state index contributed by atoms with van der Waals surface area (Å²) in [5, 5.41) is 0.199. The van der Waals surface area contributed by atoms with Crippen molar-refractivity contribution in [3.05, 3.63) is 75.3 Å². The Morgan fingerprint density at radius 2 is 1.92 bits per heavy atom. The summed E-state index contributed by atoms with van der Waals surface area (Å²) >= 11 is 6.15. The van der Waals surface area contributed by atoms with Gasteiger partial charge in [0.1, 0.15) is 17.5 Å². The van der Waals surface area contributed by atoms with Gasteiger partial charge < -0.3 is 9.97 Å². The number of halogens is 3. The number of H-pyrrole nitrogens is 2. The highest BCUT2D eigenvalue weighted by Crippen LogP contribution is 2.31. The van der Waals surface area contributed by atoms with Gasteiger partial charge in [0.2, 0.25) is 0 Å². The number of benzene rings is 2. The molecule has 0 aliphatic heterocycles. The van der Waals surface area contributed by atoms with Crippen molar-refractivity contribution in [1.82, 2.24) is 15.0 Å². The van der Waals surface area contributed by atoms with Crippen LogP contribution in [0, 0.1) is 18.6 Å². The molecule has 0 unspecified atom stereocenters. The largest absolute Gasteiger partial charge is 0.354 e. The first-order valence-corrected chi connectivity index (χ1v) is 8.16. The predicted octanol–water partition coefficient (Wildman–Crippen LogP) is 4.83. The molecule has 0 saturated heterocycles. The lowest BCUT2D eigenvalue weighted by atomic mass is 10.0. The Bertz CT molecular complexity index is 1210. The van der Waals surface area contributed by atoms with Crippen molar-refractivity contribution in [1.29, 1.82) is 0 Å². The van der Waals surface area contributed by atoms with Gasteiger partial charge in [-0.3, -0.25) is 4.79 Å². The van der Waals surface area contributed by atoms with E-state index < -0.39 is 17.1 Å². The molecule has 130 valence electrons. The first kappa shape index (κ1) is 16.5. The average molecular weight is 372 g/mol. The van der Waals surface area contributed by atoms with Crippen molar-refractivity contribution in [2.24, 2.45) is 0 Å². The number of rotatable bonds is 2. The van der Waals surface area contributed by atoms with Crippen molar-refractivity contribution in [2.75, 3.05) is 0 Å². The number of aryl methyl sites for hydroxylation is 1. The molecule has 26 heavy (non-hydrogen) atoms. The van der Waals surface area contributed by atoms with Crippen LogP contribution in [0.15, 0.2) is 47.4 Å². The van der Waals surface area contributed by atoms with E-state index in [0.29, 0.717) is 22.1 Å². The molecule has 0 fully saturated rings. The van der Waals surface area contributed by atoms with Crippen LogP contribution in [0.25, 0.3) is 33.4 Å². The molecule has 0 radical (unpaired) electrons. The number of nitrogens with one attached hydrogen (secondary N) is 2. The van der Waals surface area contributed by atoms with Gasteiger partial charge in [0.05, 0.1) is 27.9 Å². The van der Waals surface area contributed by atoms with Crippen molar-refractivity contribution >= 4 is 22.5 Å². The topological polar surface area (TPSA) is 61.5 Å². The van der Waals surface area contributed by atoms with Crippen LogP contribution in [0.3, 0.4) is 0 Å². The van der Waals surface area contributed by atoms with E-state index in [1.165, 1.54) is 12.3 Å². The van der Waals surface area contributed by atoms with Gasteiger partial charge in [-0.15, -0.1) is 0 Å². The number of imidazole rings is 1. The van der Waals surface area contributed by atoms with Gasteiger partial charge in [-0.2, -0.15) is 0 Å².